The van der Waals surface area contributed by atoms with E-state index in [1.165, 1.54) is 24.8 Å². The molecule has 3 rings (SSSR count). The Morgan fingerprint density at radius 2 is 2.14 bits per heavy atom. The zero-order valence-electron chi connectivity index (χ0n) is 12.8. The Balaban J connectivity index is 1.98. The lowest BCUT2D eigenvalue weighted by Crippen LogP contribution is -2.46. The largest absolute Gasteiger partial charge is 0.365 e. The number of benzene rings is 1. The van der Waals surface area contributed by atoms with Gasteiger partial charge in [0.25, 0.3) is 0 Å². The Kier molecular flexibility index (Phi) is 3.99. The molecule has 2 bridgehead atoms. The zero-order chi connectivity index (χ0) is 14.9. The van der Waals surface area contributed by atoms with Gasteiger partial charge in [-0.15, -0.1) is 6.58 Å². The van der Waals surface area contributed by atoms with Crippen molar-refractivity contribution in [3.8, 4) is 0 Å². The summed E-state index contributed by atoms with van der Waals surface area (Å²) < 4.78 is 5.84. The Morgan fingerprint density at radius 1 is 1.33 bits per heavy atom. The van der Waals surface area contributed by atoms with Crippen molar-refractivity contribution < 1.29 is 9.53 Å². The van der Waals surface area contributed by atoms with Crippen molar-refractivity contribution in [3.05, 3.63) is 48.0 Å². The molecule has 1 aliphatic carbocycles. The maximum Gasteiger partial charge on any atom is 0.177 e. The van der Waals surface area contributed by atoms with Crippen LogP contribution in [0.2, 0.25) is 0 Å². The van der Waals surface area contributed by atoms with E-state index < -0.39 is 0 Å². The lowest BCUT2D eigenvalue weighted by atomic mass is 9.66. The molecule has 0 saturated carbocycles. The van der Waals surface area contributed by atoms with E-state index in [4.69, 9.17) is 4.74 Å². The van der Waals surface area contributed by atoms with E-state index in [1.54, 1.807) is 0 Å². The molecule has 112 valence electrons. The van der Waals surface area contributed by atoms with E-state index in [1.807, 2.05) is 18.2 Å². The Labute approximate surface area is 127 Å². The van der Waals surface area contributed by atoms with Crippen molar-refractivity contribution >= 4 is 5.78 Å². The molecular weight excluding hydrogens is 260 g/mol. The van der Waals surface area contributed by atoms with Gasteiger partial charge in [-0.05, 0) is 17.5 Å². The summed E-state index contributed by atoms with van der Waals surface area (Å²) in [6.45, 7) is 6.79. The average Bonchev–Trinajstić information content (AvgIpc) is 2.67. The number of hydrogen-bond donors (Lipinski definition) is 0. The van der Waals surface area contributed by atoms with Gasteiger partial charge < -0.3 is 4.74 Å². The maximum atomic E-state index is 13.0. The van der Waals surface area contributed by atoms with Gasteiger partial charge in [0.05, 0.1) is 12.0 Å². The molecule has 1 aromatic rings. The molecule has 0 radical (unpaired) electrons. The zero-order valence-corrected chi connectivity index (χ0v) is 12.8. The van der Waals surface area contributed by atoms with Gasteiger partial charge in [-0.2, -0.15) is 0 Å². The molecule has 21 heavy (non-hydrogen) atoms. The van der Waals surface area contributed by atoms with Gasteiger partial charge in [-0.3, -0.25) is 4.79 Å². The topological polar surface area (TPSA) is 26.3 Å². The van der Waals surface area contributed by atoms with Crippen molar-refractivity contribution in [3.63, 3.8) is 0 Å². The molecule has 1 saturated heterocycles. The first-order chi connectivity index (χ1) is 10.3. The summed E-state index contributed by atoms with van der Waals surface area (Å²) in [6, 6.07) is 8.22. The first-order valence-corrected chi connectivity index (χ1v) is 8.13. The molecule has 1 fully saturated rings. The molecular formula is C19H24O2. The summed E-state index contributed by atoms with van der Waals surface area (Å²) >= 11 is 0. The van der Waals surface area contributed by atoms with Crippen molar-refractivity contribution in [2.45, 2.75) is 50.5 Å². The van der Waals surface area contributed by atoms with Crippen LogP contribution in [0.4, 0.5) is 0 Å². The summed E-state index contributed by atoms with van der Waals surface area (Å²) in [7, 11) is 0. The fourth-order valence-corrected chi connectivity index (χ4v) is 4.07. The van der Waals surface area contributed by atoms with E-state index >= 15 is 0 Å². The lowest BCUT2D eigenvalue weighted by Gasteiger charge is -2.39. The number of Topliss-reactive ketones (excluding diaryl/α,β-unsaturated/α-hetero) is 1. The minimum Gasteiger partial charge on any atom is -0.365 e. The summed E-state index contributed by atoms with van der Waals surface area (Å²) in [4.78, 5) is 13.0. The van der Waals surface area contributed by atoms with Gasteiger partial charge in [0.15, 0.2) is 5.78 Å². The number of ketones is 1. The van der Waals surface area contributed by atoms with Gasteiger partial charge in [-0.25, -0.2) is 0 Å². The second-order valence-electron chi connectivity index (χ2n) is 6.29. The third-order valence-electron chi connectivity index (χ3n) is 5.19. The number of carbonyl (C=O) groups excluding carboxylic acids is 1. The molecule has 0 aromatic heterocycles. The standard InChI is InChI=1S/C19H24O2/c1-3-5-6-9-12-19-14(4-2)13-21-17(18(19)20)15-10-7-8-11-16(15)19/h4,7-8,10-11,14,17H,2-3,5-6,9,12-13H2,1H3. The van der Waals surface area contributed by atoms with E-state index in [0.717, 1.165) is 18.4 Å². The minimum atomic E-state index is -0.380. The van der Waals surface area contributed by atoms with E-state index in [9.17, 15) is 4.79 Å². The van der Waals surface area contributed by atoms with E-state index in [2.05, 4.69) is 25.6 Å². The van der Waals surface area contributed by atoms with Crippen molar-refractivity contribution in [2.24, 2.45) is 5.92 Å². The Morgan fingerprint density at radius 3 is 2.90 bits per heavy atom. The summed E-state index contributed by atoms with van der Waals surface area (Å²) in [6.07, 6.45) is 7.27. The van der Waals surface area contributed by atoms with Gasteiger partial charge in [-0.1, -0.05) is 62.9 Å². The quantitative estimate of drug-likeness (QED) is 0.573. The summed E-state index contributed by atoms with van der Waals surface area (Å²) in [5.41, 5.74) is 1.90. The Hall–Kier alpha value is -1.41. The SMILES string of the molecule is C=CC1COC2C(=O)C1(CCCCCC)c1ccccc12. The van der Waals surface area contributed by atoms with Crippen LogP contribution < -0.4 is 0 Å². The van der Waals surface area contributed by atoms with E-state index in [-0.39, 0.29) is 23.2 Å². The first kappa shape index (κ1) is 14.5. The first-order valence-electron chi connectivity index (χ1n) is 8.13. The highest BCUT2D eigenvalue weighted by Gasteiger charge is 2.58. The monoisotopic (exact) mass is 284 g/mol. The molecule has 3 unspecified atom stereocenters. The van der Waals surface area contributed by atoms with Gasteiger partial charge in [0.2, 0.25) is 0 Å². The second-order valence-corrected chi connectivity index (χ2v) is 6.29. The van der Waals surface area contributed by atoms with Gasteiger partial charge in [0.1, 0.15) is 6.10 Å². The molecule has 2 aliphatic rings. The van der Waals surface area contributed by atoms with Crippen LogP contribution in [0.1, 0.15) is 56.3 Å². The summed E-state index contributed by atoms with van der Waals surface area (Å²) in [5.74, 6) is 0.364. The number of rotatable bonds is 6. The smallest absolute Gasteiger partial charge is 0.177 e. The average molecular weight is 284 g/mol. The number of unbranched alkanes of at least 4 members (excludes halogenated alkanes) is 3. The van der Waals surface area contributed by atoms with Gasteiger partial charge >= 0.3 is 0 Å². The van der Waals surface area contributed by atoms with Crippen LogP contribution >= 0.6 is 0 Å². The van der Waals surface area contributed by atoms with Crippen LogP contribution in [0.5, 0.6) is 0 Å². The lowest BCUT2D eigenvalue weighted by molar-refractivity contribution is -0.146. The molecule has 2 heteroatoms. The predicted octanol–water partition coefficient (Wildman–Crippen LogP) is 4.35. The molecule has 0 amide bonds. The highest BCUT2D eigenvalue weighted by Crippen LogP contribution is 2.54. The molecule has 1 heterocycles. The highest BCUT2D eigenvalue weighted by molar-refractivity contribution is 6.00. The number of hydrogen-bond acceptors (Lipinski definition) is 2. The predicted molar refractivity (Wildman–Crippen MR) is 84.3 cm³/mol. The third-order valence-corrected chi connectivity index (χ3v) is 5.19. The van der Waals surface area contributed by atoms with Crippen LogP contribution in [-0.4, -0.2) is 12.4 Å². The number of ether oxygens (including phenoxy) is 1. The molecule has 1 aromatic carbocycles. The second kappa shape index (κ2) is 5.76. The van der Waals surface area contributed by atoms with Crippen LogP contribution in [0.25, 0.3) is 0 Å². The fraction of sp³-hybridized carbons (Fsp3) is 0.526. The minimum absolute atomic E-state index is 0.103. The van der Waals surface area contributed by atoms with Crippen LogP contribution in [0.3, 0.4) is 0 Å². The van der Waals surface area contributed by atoms with Crippen molar-refractivity contribution in [2.75, 3.05) is 6.61 Å². The van der Waals surface area contributed by atoms with Crippen molar-refractivity contribution in [1.29, 1.82) is 0 Å². The fourth-order valence-electron chi connectivity index (χ4n) is 4.07. The molecule has 0 N–H and O–H groups in total. The molecule has 1 aliphatic heterocycles. The third kappa shape index (κ3) is 2.08. The highest BCUT2D eigenvalue weighted by atomic mass is 16.5. The van der Waals surface area contributed by atoms with Gasteiger partial charge in [0, 0.05) is 5.92 Å². The normalized spacial score (nSPS) is 30.2. The summed E-state index contributed by atoms with van der Waals surface area (Å²) in [5, 5.41) is 0. The van der Waals surface area contributed by atoms with E-state index in [0.29, 0.717) is 6.61 Å². The maximum absolute atomic E-state index is 13.0. The number of fused-ring (bicyclic) bond motifs is 5. The molecule has 2 nitrogen and oxygen atoms in total. The van der Waals surface area contributed by atoms with Crippen LogP contribution in [0.15, 0.2) is 36.9 Å². The Bertz CT molecular complexity index is 548. The molecule has 3 atom stereocenters. The van der Waals surface area contributed by atoms with Crippen molar-refractivity contribution in [1.82, 2.24) is 0 Å². The molecule has 0 spiro atoms. The number of carbonyl (C=O) groups is 1. The van der Waals surface area contributed by atoms with Crippen LogP contribution in [0, 0.1) is 5.92 Å². The van der Waals surface area contributed by atoms with Crippen LogP contribution in [-0.2, 0) is 14.9 Å².